The van der Waals surface area contributed by atoms with Crippen molar-refractivity contribution < 1.29 is 18.7 Å². The van der Waals surface area contributed by atoms with Crippen LogP contribution < -0.4 is 14.8 Å². The van der Waals surface area contributed by atoms with Gasteiger partial charge in [-0.2, -0.15) is 9.36 Å². The van der Waals surface area contributed by atoms with Crippen LogP contribution in [0.3, 0.4) is 0 Å². The molecule has 0 aliphatic carbocycles. The predicted octanol–water partition coefficient (Wildman–Crippen LogP) is 3.95. The highest BCUT2D eigenvalue weighted by atomic mass is 35.5. The summed E-state index contributed by atoms with van der Waals surface area (Å²) in [6.07, 6.45) is 0.0990. The van der Waals surface area contributed by atoms with Gasteiger partial charge in [0.2, 0.25) is 11.0 Å². The number of nitrogens with one attached hydrogen (secondary N) is 1. The number of rotatable bonds is 4. The van der Waals surface area contributed by atoms with Gasteiger partial charge in [0.25, 0.3) is 0 Å². The number of carbonyl (C=O) groups excluding carboxylic acids is 1. The molecule has 1 amide bonds. The predicted molar refractivity (Wildman–Crippen MR) is 100 cm³/mol. The number of halogens is 2. The number of aromatic nitrogens is 2. The van der Waals surface area contributed by atoms with Crippen LogP contribution in [0, 0.1) is 5.82 Å². The molecule has 0 saturated carbocycles. The van der Waals surface area contributed by atoms with Crippen molar-refractivity contribution in [2.75, 3.05) is 18.5 Å². The van der Waals surface area contributed by atoms with Crippen molar-refractivity contribution in [1.82, 2.24) is 9.36 Å². The molecule has 1 aromatic heterocycles. The van der Waals surface area contributed by atoms with E-state index in [9.17, 15) is 9.18 Å². The van der Waals surface area contributed by atoms with E-state index in [-0.39, 0.29) is 18.1 Å². The molecule has 27 heavy (non-hydrogen) atoms. The molecule has 0 spiro atoms. The van der Waals surface area contributed by atoms with Crippen molar-refractivity contribution in [3.63, 3.8) is 0 Å². The number of nitrogens with zero attached hydrogens (tertiary/aromatic N) is 2. The van der Waals surface area contributed by atoms with E-state index in [1.807, 2.05) is 0 Å². The van der Waals surface area contributed by atoms with Gasteiger partial charge in [-0.3, -0.25) is 4.79 Å². The molecular weight excluding hydrogens is 393 g/mol. The lowest BCUT2D eigenvalue weighted by Crippen LogP contribution is -2.17. The first kappa shape index (κ1) is 17.7. The Bertz CT molecular complexity index is 994. The number of benzene rings is 2. The van der Waals surface area contributed by atoms with Gasteiger partial charge in [0, 0.05) is 17.1 Å². The fraction of sp³-hybridized carbons (Fsp3) is 0.167. The molecule has 1 N–H and O–H groups in total. The van der Waals surface area contributed by atoms with Gasteiger partial charge in [0.15, 0.2) is 17.3 Å². The Balaban J connectivity index is 1.44. The molecular formula is C18H13ClFN3O3S. The van der Waals surface area contributed by atoms with E-state index in [0.717, 1.165) is 11.5 Å². The molecule has 0 atom stereocenters. The van der Waals surface area contributed by atoms with Crippen LogP contribution in [0.5, 0.6) is 11.5 Å². The third-order valence-corrected chi connectivity index (χ3v) is 4.71. The number of ether oxygens (including phenoxy) is 2. The highest BCUT2D eigenvalue weighted by molar-refractivity contribution is 7.10. The summed E-state index contributed by atoms with van der Waals surface area (Å²) in [6.45, 7) is 0.885. The minimum Gasteiger partial charge on any atom is -0.486 e. The first-order valence-electron chi connectivity index (χ1n) is 8.06. The Morgan fingerprint density at radius 3 is 2.81 bits per heavy atom. The Labute approximate surface area is 163 Å². The molecule has 138 valence electrons. The van der Waals surface area contributed by atoms with Gasteiger partial charge < -0.3 is 14.8 Å². The van der Waals surface area contributed by atoms with Crippen LogP contribution in [0.2, 0.25) is 5.02 Å². The summed E-state index contributed by atoms with van der Waals surface area (Å²) in [5.74, 6) is 0.869. The Hall–Kier alpha value is -2.71. The average Bonchev–Trinajstić information content (AvgIpc) is 3.10. The maximum Gasteiger partial charge on any atom is 0.230 e. The lowest BCUT2D eigenvalue weighted by molar-refractivity contribution is -0.115. The molecule has 0 bridgehead atoms. The van der Waals surface area contributed by atoms with Gasteiger partial charge in [-0.15, -0.1) is 0 Å². The van der Waals surface area contributed by atoms with Crippen molar-refractivity contribution in [2.24, 2.45) is 0 Å². The van der Waals surface area contributed by atoms with Crippen LogP contribution in [0.4, 0.5) is 9.52 Å². The minimum absolute atomic E-state index is 0.0990. The lowest BCUT2D eigenvalue weighted by Gasteiger charge is -2.20. The second-order valence-corrected chi connectivity index (χ2v) is 6.92. The Kier molecular flexibility index (Phi) is 4.91. The van der Waals surface area contributed by atoms with E-state index in [4.69, 9.17) is 21.1 Å². The summed E-state index contributed by atoms with van der Waals surface area (Å²) in [5.41, 5.74) is 1.37. The van der Waals surface area contributed by atoms with Gasteiger partial charge in [0.05, 0.1) is 11.4 Å². The molecule has 0 saturated heterocycles. The summed E-state index contributed by atoms with van der Waals surface area (Å²) < 4.78 is 28.2. The normalized spacial score (nSPS) is 12.7. The van der Waals surface area contributed by atoms with Crippen LogP contribution in [-0.4, -0.2) is 28.5 Å². The summed E-state index contributed by atoms with van der Waals surface area (Å²) in [7, 11) is 0. The molecule has 1 aliphatic rings. The zero-order valence-corrected chi connectivity index (χ0v) is 15.4. The van der Waals surface area contributed by atoms with E-state index in [2.05, 4.69) is 14.7 Å². The summed E-state index contributed by atoms with van der Waals surface area (Å²) in [5, 5.41) is 3.48. The van der Waals surface area contributed by atoms with Crippen molar-refractivity contribution in [2.45, 2.75) is 6.42 Å². The van der Waals surface area contributed by atoms with Crippen LogP contribution in [0.25, 0.3) is 11.4 Å². The number of fused-ring (bicyclic) bond motifs is 1. The molecule has 0 fully saturated rings. The largest absolute Gasteiger partial charge is 0.486 e. The summed E-state index contributed by atoms with van der Waals surface area (Å²) in [6, 6.07) is 9.25. The number of hydrogen-bond acceptors (Lipinski definition) is 6. The van der Waals surface area contributed by atoms with E-state index in [1.165, 1.54) is 12.1 Å². The van der Waals surface area contributed by atoms with Gasteiger partial charge in [-0.25, -0.2) is 4.39 Å². The van der Waals surface area contributed by atoms with E-state index < -0.39 is 0 Å². The maximum atomic E-state index is 13.0. The molecule has 1 aliphatic heterocycles. The van der Waals surface area contributed by atoms with Crippen LogP contribution in [-0.2, 0) is 11.2 Å². The molecule has 3 aromatic rings. The molecule has 2 heterocycles. The van der Waals surface area contributed by atoms with Crippen LogP contribution >= 0.6 is 23.1 Å². The number of anilines is 1. The first-order valence-corrected chi connectivity index (χ1v) is 9.21. The first-order chi connectivity index (χ1) is 13.1. The fourth-order valence-corrected chi connectivity index (χ4v) is 3.50. The summed E-state index contributed by atoms with van der Waals surface area (Å²) >= 11 is 7.25. The fourth-order valence-electron chi connectivity index (χ4n) is 2.61. The van der Waals surface area contributed by atoms with Crippen molar-refractivity contribution in [3.8, 4) is 22.9 Å². The zero-order chi connectivity index (χ0) is 18.8. The van der Waals surface area contributed by atoms with Gasteiger partial charge in [-0.1, -0.05) is 11.6 Å². The second kappa shape index (κ2) is 7.50. The highest BCUT2D eigenvalue weighted by Crippen LogP contribution is 2.38. The van der Waals surface area contributed by atoms with E-state index in [1.54, 1.807) is 24.3 Å². The van der Waals surface area contributed by atoms with Crippen molar-refractivity contribution >= 4 is 34.2 Å². The molecule has 0 unspecified atom stereocenters. The monoisotopic (exact) mass is 405 g/mol. The molecule has 4 rings (SSSR count). The molecule has 0 radical (unpaired) electrons. The third kappa shape index (κ3) is 4.01. The average molecular weight is 406 g/mol. The van der Waals surface area contributed by atoms with Gasteiger partial charge in [0.1, 0.15) is 19.0 Å². The number of hydrogen-bond donors (Lipinski definition) is 1. The number of amides is 1. The van der Waals surface area contributed by atoms with Crippen molar-refractivity contribution in [1.29, 1.82) is 0 Å². The lowest BCUT2D eigenvalue weighted by atomic mass is 10.1. The van der Waals surface area contributed by atoms with Gasteiger partial charge in [-0.05, 0) is 42.0 Å². The minimum atomic E-state index is -0.333. The summed E-state index contributed by atoms with van der Waals surface area (Å²) in [4.78, 5) is 16.6. The standard InChI is InChI=1S/C18H13ClFN3O3S/c19-13-7-10(8-14-16(13)26-6-5-25-14)9-15(24)21-18-22-17(23-27-18)11-1-3-12(20)4-2-11/h1-4,7-8H,5-6,9H2,(H,21,22,23,24). The van der Waals surface area contributed by atoms with Gasteiger partial charge >= 0.3 is 0 Å². The molecule has 9 heteroatoms. The molecule has 6 nitrogen and oxygen atoms in total. The third-order valence-electron chi connectivity index (χ3n) is 3.80. The van der Waals surface area contributed by atoms with E-state index >= 15 is 0 Å². The highest BCUT2D eigenvalue weighted by Gasteiger charge is 2.18. The number of carbonyl (C=O) groups is 1. The van der Waals surface area contributed by atoms with Crippen molar-refractivity contribution in [3.05, 3.63) is 52.8 Å². The Morgan fingerprint density at radius 2 is 2.00 bits per heavy atom. The smallest absolute Gasteiger partial charge is 0.230 e. The second-order valence-electron chi connectivity index (χ2n) is 5.76. The quantitative estimate of drug-likeness (QED) is 0.711. The molecule has 2 aromatic carbocycles. The topological polar surface area (TPSA) is 73.3 Å². The van der Waals surface area contributed by atoms with Crippen LogP contribution in [0.15, 0.2) is 36.4 Å². The zero-order valence-electron chi connectivity index (χ0n) is 13.9. The SMILES string of the molecule is O=C(Cc1cc(Cl)c2c(c1)OCCO2)Nc1nc(-c2ccc(F)cc2)ns1. The van der Waals surface area contributed by atoms with E-state index in [0.29, 0.717) is 51.8 Å². The maximum absolute atomic E-state index is 13.0. The Morgan fingerprint density at radius 1 is 1.22 bits per heavy atom. The van der Waals surface area contributed by atoms with Crippen LogP contribution in [0.1, 0.15) is 5.56 Å².